The van der Waals surface area contributed by atoms with Crippen molar-refractivity contribution < 1.29 is 13.6 Å². The van der Waals surface area contributed by atoms with E-state index in [2.05, 4.69) is 16.3 Å². The first kappa shape index (κ1) is 21.3. The lowest BCUT2D eigenvalue weighted by Crippen LogP contribution is -2.47. The molecule has 0 aromatic heterocycles. The Labute approximate surface area is 178 Å². The van der Waals surface area contributed by atoms with Crippen LogP contribution in [0.15, 0.2) is 29.8 Å². The number of benzene rings is 1. The summed E-state index contributed by atoms with van der Waals surface area (Å²) in [7, 11) is 0. The van der Waals surface area contributed by atoms with Crippen molar-refractivity contribution in [3.8, 4) is 0 Å². The molecule has 3 aliphatic rings. The summed E-state index contributed by atoms with van der Waals surface area (Å²) in [6, 6.07) is 4.17. The predicted molar refractivity (Wildman–Crippen MR) is 115 cm³/mol. The first-order valence-electron chi connectivity index (χ1n) is 11.5. The molecule has 1 aliphatic heterocycles. The minimum atomic E-state index is -0.528. The van der Waals surface area contributed by atoms with Crippen molar-refractivity contribution in [1.29, 1.82) is 0 Å². The molecule has 1 heterocycles. The van der Waals surface area contributed by atoms with Crippen molar-refractivity contribution >= 4 is 11.6 Å². The molecule has 1 aromatic rings. The number of hydrogen-bond acceptors (Lipinski definition) is 3. The summed E-state index contributed by atoms with van der Waals surface area (Å²) in [6.07, 6.45) is 10.9. The fourth-order valence-corrected chi connectivity index (χ4v) is 5.07. The average molecular weight is 418 g/mol. The van der Waals surface area contributed by atoms with E-state index in [0.29, 0.717) is 11.7 Å². The van der Waals surface area contributed by atoms with Crippen molar-refractivity contribution in [1.82, 2.24) is 10.2 Å². The van der Waals surface area contributed by atoms with Crippen LogP contribution >= 0.6 is 0 Å². The molecule has 6 heteroatoms. The summed E-state index contributed by atoms with van der Waals surface area (Å²) in [4.78, 5) is 16.7. The zero-order valence-corrected chi connectivity index (χ0v) is 17.7. The number of anilines is 1. The molecular weight excluding hydrogens is 384 g/mol. The van der Waals surface area contributed by atoms with Crippen molar-refractivity contribution in [2.45, 2.75) is 57.4 Å². The summed E-state index contributed by atoms with van der Waals surface area (Å²) in [5.74, 6) is -0.112. The van der Waals surface area contributed by atoms with Crippen LogP contribution in [0.25, 0.3) is 0 Å². The Hall–Kier alpha value is -1.95. The zero-order chi connectivity index (χ0) is 20.9. The fraction of sp³-hybridized carbons (Fsp3) is 0.625. The first-order valence-corrected chi connectivity index (χ1v) is 11.5. The van der Waals surface area contributed by atoms with Gasteiger partial charge in [0.1, 0.15) is 11.6 Å². The number of nitrogens with one attached hydrogen (secondary N) is 1. The second kappa shape index (κ2) is 9.90. The molecule has 1 saturated carbocycles. The molecule has 1 aromatic carbocycles. The maximum atomic E-state index is 14.0. The molecule has 1 amide bonds. The number of hydrogen-bond donors (Lipinski definition) is 1. The van der Waals surface area contributed by atoms with Gasteiger partial charge in [0.05, 0.1) is 5.69 Å². The van der Waals surface area contributed by atoms with Crippen LogP contribution in [0.3, 0.4) is 0 Å². The van der Waals surface area contributed by atoms with Crippen LogP contribution in [0.2, 0.25) is 0 Å². The Balaban J connectivity index is 1.14. The predicted octanol–water partition coefficient (Wildman–Crippen LogP) is 4.26. The average Bonchev–Trinajstić information content (AvgIpc) is 3.29. The van der Waals surface area contributed by atoms with E-state index in [1.54, 1.807) is 6.07 Å². The number of allylic oxidation sites excluding steroid dienone is 1. The third kappa shape index (κ3) is 5.39. The highest BCUT2D eigenvalue weighted by Gasteiger charge is 2.25. The summed E-state index contributed by atoms with van der Waals surface area (Å²) in [6.45, 7) is 4.46. The molecule has 4 nitrogen and oxygen atoms in total. The number of halogens is 2. The minimum Gasteiger partial charge on any atom is -0.367 e. The third-order valence-corrected chi connectivity index (χ3v) is 6.99. The normalized spacial score (nSPS) is 25.3. The Bertz CT molecular complexity index is 766. The zero-order valence-electron chi connectivity index (χ0n) is 17.7. The molecule has 0 radical (unpaired) electrons. The van der Waals surface area contributed by atoms with E-state index in [1.807, 2.05) is 4.90 Å². The smallest absolute Gasteiger partial charge is 0.247 e. The van der Waals surface area contributed by atoms with E-state index in [0.717, 1.165) is 82.4 Å². The molecule has 164 valence electrons. The highest BCUT2D eigenvalue weighted by molar-refractivity contribution is 5.93. The molecule has 0 atom stereocenters. The van der Waals surface area contributed by atoms with Crippen molar-refractivity contribution in [3.63, 3.8) is 0 Å². The van der Waals surface area contributed by atoms with Gasteiger partial charge in [0, 0.05) is 43.9 Å². The molecule has 30 heavy (non-hydrogen) atoms. The molecule has 0 bridgehead atoms. The van der Waals surface area contributed by atoms with Crippen LogP contribution in [-0.2, 0) is 4.79 Å². The number of carbonyl (C=O) groups excluding carboxylic acids is 1. The lowest BCUT2D eigenvalue weighted by Gasteiger charge is -2.37. The number of amides is 1. The molecule has 0 spiro atoms. The Morgan fingerprint density at radius 3 is 2.50 bits per heavy atom. The summed E-state index contributed by atoms with van der Waals surface area (Å²) in [5.41, 5.74) is 1.49. The van der Waals surface area contributed by atoms with Crippen LogP contribution in [0.1, 0.15) is 51.4 Å². The second-order valence-corrected chi connectivity index (χ2v) is 9.03. The van der Waals surface area contributed by atoms with E-state index in [4.69, 9.17) is 0 Å². The lowest BCUT2D eigenvalue weighted by molar-refractivity contribution is -0.118. The monoisotopic (exact) mass is 417 g/mol. The Morgan fingerprint density at radius 1 is 1.07 bits per heavy atom. The van der Waals surface area contributed by atoms with E-state index >= 15 is 0 Å². The molecule has 4 rings (SSSR count). The van der Waals surface area contributed by atoms with Gasteiger partial charge in [0.2, 0.25) is 5.91 Å². The largest absolute Gasteiger partial charge is 0.367 e. The SMILES string of the molecule is O=C(NC1CCC(CCN2CCN(c3ccc(F)cc3F)CC2)CC1)C1=CCCC1. The molecule has 2 fully saturated rings. The van der Waals surface area contributed by atoms with Gasteiger partial charge in [-0.25, -0.2) is 8.78 Å². The Morgan fingerprint density at radius 2 is 1.83 bits per heavy atom. The summed E-state index contributed by atoms with van der Waals surface area (Å²) < 4.78 is 27.1. The van der Waals surface area contributed by atoms with E-state index < -0.39 is 11.6 Å². The summed E-state index contributed by atoms with van der Waals surface area (Å²) in [5, 5.41) is 3.24. The van der Waals surface area contributed by atoms with Gasteiger partial charge in [-0.1, -0.05) is 6.08 Å². The van der Waals surface area contributed by atoms with E-state index in [9.17, 15) is 13.6 Å². The number of rotatable bonds is 6. The highest BCUT2D eigenvalue weighted by Crippen LogP contribution is 2.28. The van der Waals surface area contributed by atoms with Gasteiger partial charge in [-0.05, 0) is 76.0 Å². The molecule has 0 unspecified atom stereocenters. The highest BCUT2D eigenvalue weighted by atomic mass is 19.1. The van der Waals surface area contributed by atoms with Crippen molar-refractivity contribution in [2.75, 3.05) is 37.6 Å². The van der Waals surface area contributed by atoms with Crippen molar-refractivity contribution in [3.05, 3.63) is 41.5 Å². The van der Waals surface area contributed by atoms with Crippen LogP contribution in [0.5, 0.6) is 0 Å². The van der Waals surface area contributed by atoms with E-state index in [1.165, 1.54) is 25.3 Å². The van der Waals surface area contributed by atoms with Gasteiger partial charge in [0.25, 0.3) is 0 Å². The van der Waals surface area contributed by atoms with Gasteiger partial charge in [-0.2, -0.15) is 0 Å². The van der Waals surface area contributed by atoms with Gasteiger partial charge in [-0.3, -0.25) is 9.69 Å². The maximum Gasteiger partial charge on any atom is 0.247 e. The minimum absolute atomic E-state index is 0.159. The van der Waals surface area contributed by atoms with Crippen LogP contribution in [0, 0.1) is 17.6 Å². The second-order valence-electron chi connectivity index (χ2n) is 9.03. The van der Waals surface area contributed by atoms with Gasteiger partial charge in [-0.15, -0.1) is 0 Å². The molecule has 1 saturated heterocycles. The topological polar surface area (TPSA) is 35.6 Å². The van der Waals surface area contributed by atoms with Gasteiger partial charge < -0.3 is 10.2 Å². The molecule has 2 aliphatic carbocycles. The lowest BCUT2D eigenvalue weighted by atomic mass is 9.84. The maximum absolute atomic E-state index is 14.0. The van der Waals surface area contributed by atoms with Gasteiger partial charge in [0.15, 0.2) is 0 Å². The van der Waals surface area contributed by atoms with Gasteiger partial charge >= 0.3 is 0 Å². The third-order valence-electron chi connectivity index (χ3n) is 6.99. The van der Waals surface area contributed by atoms with Crippen LogP contribution in [-0.4, -0.2) is 49.6 Å². The quantitative estimate of drug-likeness (QED) is 0.751. The standard InChI is InChI=1S/C24H33F2N3O/c25-20-7-10-23(22(26)17-20)29-15-13-28(14-16-29)12-11-18-5-8-21(9-6-18)27-24(30)19-3-1-2-4-19/h3,7,10,17-18,21H,1-2,4-6,8-9,11-16H2,(H,27,30). The fourth-order valence-electron chi connectivity index (χ4n) is 5.07. The first-order chi connectivity index (χ1) is 14.6. The molecular formula is C24H33F2N3O. The number of piperazine rings is 1. The number of carbonyl (C=O) groups is 1. The van der Waals surface area contributed by atoms with Crippen molar-refractivity contribution in [2.24, 2.45) is 5.92 Å². The van der Waals surface area contributed by atoms with Crippen LogP contribution < -0.4 is 10.2 Å². The van der Waals surface area contributed by atoms with E-state index in [-0.39, 0.29) is 5.91 Å². The number of nitrogens with zero attached hydrogens (tertiary/aromatic N) is 2. The summed E-state index contributed by atoms with van der Waals surface area (Å²) >= 11 is 0. The van der Waals surface area contributed by atoms with Crippen LogP contribution in [0.4, 0.5) is 14.5 Å². The Kier molecular flexibility index (Phi) is 7.03. The molecule has 1 N–H and O–H groups in total.